The van der Waals surface area contributed by atoms with Crippen LogP contribution in [0.2, 0.25) is 0 Å². The Bertz CT molecular complexity index is 1440. The second-order valence-electron chi connectivity index (χ2n) is 8.71. The van der Waals surface area contributed by atoms with Crippen molar-refractivity contribution in [3.8, 4) is 5.75 Å². The number of ketones is 1. The molecule has 7 nitrogen and oxygen atoms in total. The van der Waals surface area contributed by atoms with Gasteiger partial charge in [-0.1, -0.05) is 18.2 Å². The van der Waals surface area contributed by atoms with Crippen molar-refractivity contribution in [2.24, 2.45) is 0 Å². The topological polar surface area (TPSA) is 84.0 Å². The third-order valence-corrected chi connectivity index (χ3v) is 8.31. The zero-order valence-electron chi connectivity index (χ0n) is 19.1. The molecule has 3 aromatic carbocycles. The average Bonchev–Trinajstić information content (AvgIpc) is 3.44. The smallest absolute Gasteiger partial charge is 0.299 e. The van der Waals surface area contributed by atoms with E-state index in [-0.39, 0.29) is 30.2 Å². The summed E-state index contributed by atoms with van der Waals surface area (Å²) < 4.78 is 60.6. The maximum Gasteiger partial charge on any atom is 0.299 e. The van der Waals surface area contributed by atoms with Gasteiger partial charge in [0.1, 0.15) is 24.0 Å². The third-order valence-electron chi connectivity index (χ3n) is 6.36. The molecule has 186 valence electrons. The molecular formula is C26H22F2N2O5S. The van der Waals surface area contributed by atoms with E-state index >= 15 is 0 Å². The number of rotatable bonds is 7. The summed E-state index contributed by atoms with van der Waals surface area (Å²) in [5, 5.41) is 0. The Morgan fingerprint density at radius 2 is 1.72 bits per heavy atom. The van der Waals surface area contributed by atoms with Gasteiger partial charge in [0.15, 0.2) is 0 Å². The van der Waals surface area contributed by atoms with Gasteiger partial charge in [-0.15, -0.1) is 0 Å². The Labute approximate surface area is 207 Å². The number of sulfonamides is 1. The summed E-state index contributed by atoms with van der Waals surface area (Å²) in [7, 11) is -3.99. The first kappa shape index (κ1) is 24.1. The largest absolute Gasteiger partial charge is 0.492 e. The van der Waals surface area contributed by atoms with Crippen LogP contribution >= 0.6 is 0 Å². The molecule has 3 aromatic rings. The first-order chi connectivity index (χ1) is 17.2. The summed E-state index contributed by atoms with van der Waals surface area (Å²) in [4.78, 5) is 26.5. The average molecular weight is 513 g/mol. The summed E-state index contributed by atoms with van der Waals surface area (Å²) in [6.07, 6.45) is 1.20. The Kier molecular flexibility index (Phi) is 6.31. The normalized spacial score (nSPS) is 18.1. The summed E-state index contributed by atoms with van der Waals surface area (Å²) in [6.45, 7) is 0.381. The fraction of sp³-hybridized carbons (Fsp3) is 0.231. The zero-order chi connectivity index (χ0) is 25.4. The highest BCUT2D eigenvalue weighted by molar-refractivity contribution is 7.89. The fourth-order valence-corrected chi connectivity index (χ4v) is 6.25. The maximum atomic E-state index is 13.5. The molecule has 5 rings (SSSR count). The number of hydrogen-bond donors (Lipinski definition) is 0. The molecule has 0 aromatic heterocycles. The molecule has 0 aliphatic carbocycles. The van der Waals surface area contributed by atoms with Crippen LogP contribution in [-0.2, 0) is 21.4 Å². The Morgan fingerprint density at radius 3 is 2.47 bits per heavy atom. The van der Waals surface area contributed by atoms with E-state index in [0.717, 1.165) is 0 Å². The molecule has 36 heavy (non-hydrogen) atoms. The number of nitrogens with zero attached hydrogens (tertiary/aromatic N) is 2. The van der Waals surface area contributed by atoms with E-state index in [0.29, 0.717) is 29.8 Å². The van der Waals surface area contributed by atoms with E-state index in [1.807, 2.05) is 0 Å². The Morgan fingerprint density at radius 1 is 0.944 bits per heavy atom. The molecule has 0 saturated carbocycles. The Hall–Kier alpha value is -3.63. The molecule has 1 unspecified atom stereocenters. The fourth-order valence-electron chi connectivity index (χ4n) is 4.55. The predicted octanol–water partition coefficient (Wildman–Crippen LogP) is 3.93. The quantitative estimate of drug-likeness (QED) is 0.448. The SMILES string of the molecule is O=C1C(=O)N(Cc2ccc(F)cc2)c2ccc(S(=O)(=O)N3CCCC3COc3cccc(F)c3)cc21. The minimum absolute atomic E-state index is 0.00921. The standard InChI is InChI=1S/C26H22F2N2O5S/c27-18-8-6-17(7-9-18)15-29-24-11-10-22(14-23(24)25(31)26(29)32)36(33,34)30-12-2-4-20(30)16-35-21-5-1-3-19(28)13-21/h1,3,5-11,13-14,20H,2,4,12,15-16H2. The molecule has 1 atom stereocenters. The lowest BCUT2D eigenvalue weighted by Gasteiger charge is -2.24. The number of carbonyl (C=O) groups excluding carboxylic acids is 2. The molecule has 0 N–H and O–H groups in total. The van der Waals surface area contributed by atoms with Crippen molar-refractivity contribution in [1.82, 2.24) is 4.31 Å². The van der Waals surface area contributed by atoms with Crippen LogP contribution < -0.4 is 9.64 Å². The lowest BCUT2D eigenvalue weighted by atomic mass is 10.1. The summed E-state index contributed by atoms with van der Waals surface area (Å²) in [5.41, 5.74) is 0.941. The van der Waals surface area contributed by atoms with Gasteiger partial charge >= 0.3 is 0 Å². The van der Waals surface area contributed by atoms with Gasteiger partial charge in [-0.25, -0.2) is 17.2 Å². The number of ether oxygens (including phenoxy) is 1. The lowest BCUT2D eigenvalue weighted by Crippen LogP contribution is -2.39. The molecule has 1 saturated heterocycles. The maximum absolute atomic E-state index is 13.5. The summed E-state index contributed by atoms with van der Waals surface area (Å²) in [6, 6.07) is 14.8. The van der Waals surface area contributed by atoms with Crippen molar-refractivity contribution in [1.29, 1.82) is 0 Å². The van der Waals surface area contributed by atoms with Gasteiger partial charge in [0.05, 0.1) is 28.7 Å². The second kappa shape index (κ2) is 9.44. The van der Waals surface area contributed by atoms with E-state index in [2.05, 4.69) is 0 Å². The molecule has 2 aliphatic rings. The van der Waals surface area contributed by atoms with Crippen LogP contribution in [0.3, 0.4) is 0 Å². The summed E-state index contributed by atoms with van der Waals surface area (Å²) in [5.74, 6) is -2.13. The minimum Gasteiger partial charge on any atom is -0.492 e. The highest BCUT2D eigenvalue weighted by atomic mass is 32.2. The van der Waals surface area contributed by atoms with Crippen molar-refractivity contribution in [3.05, 3.63) is 89.5 Å². The monoisotopic (exact) mass is 512 g/mol. The van der Waals surface area contributed by atoms with E-state index in [4.69, 9.17) is 4.74 Å². The van der Waals surface area contributed by atoms with Gasteiger partial charge in [-0.3, -0.25) is 9.59 Å². The van der Waals surface area contributed by atoms with Crippen molar-refractivity contribution >= 4 is 27.4 Å². The molecule has 2 heterocycles. The van der Waals surface area contributed by atoms with Crippen molar-refractivity contribution in [2.45, 2.75) is 30.3 Å². The van der Waals surface area contributed by atoms with Crippen LogP contribution in [-0.4, -0.2) is 43.6 Å². The molecule has 1 fully saturated rings. The number of carbonyl (C=O) groups is 2. The number of anilines is 1. The number of Topliss-reactive ketones (excluding diaryl/α,β-unsaturated/α-hetero) is 1. The van der Waals surface area contributed by atoms with Crippen LogP contribution in [0.25, 0.3) is 0 Å². The van der Waals surface area contributed by atoms with Gasteiger partial charge < -0.3 is 9.64 Å². The first-order valence-electron chi connectivity index (χ1n) is 11.4. The highest BCUT2D eigenvalue weighted by Gasteiger charge is 2.40. The van der Waals surface area contributed by atoms with Crippen molar-refractivity contribution in [2.75, 3.05) is 18.1 Å². The van der Waals surface area contributed by atoms with E-state index in [1.54, 1.807) is 6.07 Å². The molecule has 0 radical (unpaired) electrons. The van der Waals surface area contributed by atoms with Crippen LogP contribution in [0, 0.1) is 11.6 Å². The van der Waals surface area contributed by atoms with Crippen LogP contribution in [0.4, 0.5) is 14.5 Å². The van der Waals surface area contributed by atoms with Crippen LogP contribution in [0.5, 0.6) is 5.75 Å². The third kappa shape index (κ3) is 4.49. The molecule has 1 amide bonds. The van der Waals surface area contributed by atoms with Crippen LogP contribution in [0.1, 0.15) is 28.8 Å². The van der Waals surface area contributed by atoms with Crippen LogP contribution in [0.15, 0.2) is 71.6 Å². The first-order valence-corrected chi connectivity index (χ1v) is 12.8. The zero-order valence-corrected chi connectivity index (χ0v) is 19.9. The number of amides is 1. The van der Waals surface area contributed by atoms with Crippen molar-refractivity contribution in [3.63, 3.8) is 0 Å². The summed E-state index contributed by atoms with van der Waals surface area (Å²) >= 11 is 0. The van der Waals surface area contributed by atoms with E-state index < -0.39 is 39.4 Å². The van der Waals surface area contributed by atoms with Gasteiger partial charge in [-0.05, 0) is 60.9 Å². The molecule has 10 heteroatoms. The number of benzene rings is 3. The predicted molar refractivity (Wildman–Crippen MR) is 127 cm³/mol. The number of hydrogen-bond acceptors (Lipinski definition) is 5. The van der Waals surface area contributed by atoms with Crippen molar-refractivity contribution < 1.29 is 31.5 Å². The lowest BCUT2D eigenvalue weighted by molar-refractivity contribution is -0.114. The van der Waals surface area contributed by atoms with E-state index in [9.17, 15) is 26.8 Å². The molecule has 2 aliphatic heterocycles. The molecule has 0 bridgehead atoms. The van der Waals surface area contributed by atoms with Gasteiger partial charge in [-0.2, -0.15) is 4.31 Å². The van der Waals surface area contributed by atoms with Gasteiger partial charge in [0.25, 0.3) is 11.7 Å². The molecule has 0 spiro atoms. The number of fused-ring (bicyclic) bond motifs is 1. The molecular weight excluding hydrogens is 490 g/mol. The van der Waals surface area contributed by atoms with Gasteiger partial charge in [0, 0.05) is 12.6 Å². The Balaban J connectivity index is 1.37. The van der Waals surface area contributed by atoms with Gasteiger partial charge in [0.2, 0.25) is 10.0 Å². The number of halogens is 2. The highest BCUT2D eigenvalue weighted by Crippen LogP contribution is 2.34. The second-order valence-corrected chi connectivity index (χ2v) is 10.6. The van der Waals surface area contributed by atoms with E-state index in [1.165, 1.54) is 69.9 Å². The minimum atomic E-state index is -3.99.